The lowest BCUT2D eigenvalue weighted by atomic mass is 10.1. The van der Waals surface area contributed by atoms with Crippen LogP contribution < -0.4 is 0 Å². The number of nitrogens with zero attached hydrogens (tertiary/aromatic N) is 3. The number of nitro groups is 1. The topological polar surface area (TPSA) is 79.8 Å². The molecular weight excluding hydrogens is 208 g/mol. The summed E-state index contributed by atoms with van der Waals surface area (Å²) in [5.74, 6) is 0. The lowest BCUT2D eigenvalue weighted by Crippen LogP contribution is -1.99. The number of alkyl halides is 2. The van der Waals surface area contributed by atoms with Crippen molar-refractivity contribution in [1.82, 2.24) is 4.98 Å². The summed E-state index contributed by atoms with van der Waals surface area (Å²) in [4.78, 5) is 12.9. The average Bonchev–Trinajstić information content (AvgIpc) is 2.17. The molecule has 7 heteroatoms. The van der Waals surface area contributed by atoms with E-state index in [-0.39, 0.29) is 12.0 Å². The van der Waals surface area contributed by atoms with Crippen LogP contribution in [0.4, 0.5) is 14.5 Å². The van der Waals surface area contributed by atoms with Gasteiger partial charge in [-0.3, -0.25) is 10.1 Å². The second-order valence-electron chi connectivity index (χ2n) is 2.63. The van der Waals surface area contributed by atoms with Crippen molar-refractivity contribution in [1.29, 1.82) is 5.26 Å². The van der Waals surface area contributed by atoms with Crippen molar-refractivity contribution in [2.45, 2.75) is 12.8 Å². The van der Waals surface area contributed by atoms with Gasteiger partial charge in [-0.2, -0.15) is 5.26 Å². The molecule has 0 amide bonds. The van der Waals surface area contributed by atoms with Gasteiger partial charge in [0.15, 0.2) is 0 Å². The maximum Gasteiger partial charge on any atom is 0.291 e. The fourth-order valence-electron chi connectivity index (χ4n) is 1.02. The minimum absolute atomic E-state index is 0.0483. The van der Waals surface area contributed by atoms with E-state index in [1.807, 2.05) is 0 Å². The van der Waals surface area contributed by atoms with Crippen molar-refractivity contribution in [3.05, 3.63) is 33.6 Å². The van der Waals surface area contributed by atoms with Crippen LogP contribution in [-0.4, -0.2) is 9.91 Å². The molecule has 1 aromatic rings. The Kier molecular flexibility index (Phi) is 3.23. The fourth-order valence-corrected chi connectivity index (χ4v) is 1.02. The zero-order valence-corrected chi connectivity index (χ0v) is 7.35. The molecule has 0 aliphatic carbocycles. The zero-order chi connectivity index (χ0) is 11.4. The van der Waals surface area contributed by atoms with Gasteiger partial charge in [-0.05, 0) is 6.07 Å². The monoisotopic (exact) mass is 213 g/mol. The highest BCUT2D eigenvalue weighted by Crippen LogP contribution is 2.23. The third kappa shape index (κ3) is 2.43. The summed E-state index contributed by atoms with van der Waals surface area (Å²) in [7, 11) is 0. The average molecular weight is 213 g/mol. The van der Waals surface area contributed by atoms with E-state index in [1.54, 1.807) is 6.07 Å². The van der Waals surface area contributed by atoms with Crippen LogP contribution in [0.1, 0.15) is 17.7 Å². The lowest BCUT2D eigenvalue weighted by molar-refractivity contribution is -0.385. The smallest absolute Gasteiger partial charge is 0.258 e. The Labute approximate surface area is 83.1 Å². The predicted octanol–water partition coefficient (Wildman–Crippen LogP) is 1.99. The minimum atomic E-state index is -2.80. The first-order valence-electron chi connectivity index (χ1n) is 3.84. The van der Waals surface area contributed by atoms with Gasteiger partial charge in [0.05, 0.1) is 17.4 Å². The molecule has 0 aromatic carbocycles. The summed E-state index contributed by atoms with van der Waals surface area (Å²) in [6.45, 7) is 0. The quantitative estimate of drug-likeness (QED) is 0.568. The zero-order valence-electron chi connectivity index (χ0n) is 7.35. The van der Waals surface area contributed by atoms with E-state index in [4.69, 9.17) is 5.26 Å². The number of hydrogen-bond acceptors (Lipinski definition) is 4. The van der Waals surface area contributed by atoms with Crippen molar-refractivity contribution in [2.24, 2.45) is 0 Å². The van der Waals surface area contributed by atoms with Gasteiger partial charge < -0.3 is 0 Å². The molecule has 1 rings (SSSR count). The van der Waals surface area contributed by atoms with E-state index in [0.717, 1.165) is 12.3 Å². The van der Waals surface area contributed by atoms with Gasteiger partial charge >= 0.3 is 0 Å². The van der Waals surface area contributed by atoms with E-state index in [9.17, 15) is 18.9 Å². The van der Waals surface area contributed by atoms with Crippen LogP contribution in [0.2, 0.25) is 0 Å². The summed E-state index contributed by atoms with van der Waals surface area (Å²) in [6.07, 6.45) is -2.35. The molecule has 0 fully saturated rings. The highest BCUT2D eigenvalue weighted by atomic mass is 19.3. The van der Waals surface area contributed by atoms with Crippen molar-refractivity contribution in [3.63, 3.8) is 0 Å². The summed E-state index contributed by atoms with van der Waals surface area (Å²) in [6, 6.07) is 2.55. The van der Waals surface area contributed by atoms with Gasteiger partial charge in [-0.15, -0.1) is 0 Å². The molecule has 0 aliphatic rings. The van der Waals surface area contributed by atoms with Gasteiger partial charge in [0.2, 0.25) is 0 Å². The third-order valence-electron chi connectivity index (χ3n) is 1.68. The van der Waals surface area contributed by atoms with Crippen molar-refractivity contribution in [2.75, 3.05) is 0 Å². The first-order chi connectivity index (χ1) is 7.06. The van der Waals surface area contributed by atoms with Crippen LogP contribution >= 0.6 is 0 Å². The number of rotatable bonds is 3. The van der Waals surface area contributed by atoms with E-state index in [0.29, 0.717) is 0 Å². The molecule has 0 radical (unpaired) electrons. The molecule has 0 atom stereocenters. The maximum atomic E-state index is 12.2. The normalized spacial score (nSPS) is 10.0. The van der Waals surface area contributed by atoms with Crippen LogP contribution in [0.3, 0.4) is 0 Å². The van der Waals surface area contributed by atoms with Crippen LogP contribution in [-0.2, 0) is 6.42 Å². The Bertz CT molecular complexity index is 428. The number of halogens is 2. The van der Waals surface area contributed by atoms with Gasteiger partial charge in [0.1, 0.15) is 11.9 Å². The molecular formula is C8H5F2N3O2. The molecule has 1 heterocycles. The molecule has 0 spiro atoms. The molecule has 15 heavy (non-hydrogen) atoms. The first kappa shape index (κ1) is 11.0. The van der Waals surface area contributed by atoms with E-state index < -0.39 is 22.7 Å². The van der Waals surface area contributed by atoms with E-state index in [2.05, 4.69) is 4.98 Å². The molecule has 0 bridgehead atoms. The summed E-state index contributed by atoms with van der Waals surface area (Å²) in [5, 5.41) is 18.8. The van der Waals surface area contributed by atoms with Crippen molar-refractivity contribution in [3.8, 4) is 6.07 Å². The molecule has 0 unspecified atom stereocenters. The molecule has 1 aromatic heterocycles. The Balaban J connectivity index is 3.21. The van der Waals surface area contributed by atoms with Crippen LogP contribution in [0.15, 0.2) is 12.3 Å². The summed E-state index contributed by atoms with van der Waals surface area (Å²) >= 11 is 0. The molecule has 0 N–H and O–H groups in total. The maximum absolute atomic E-state index is 12.2. The highest BCUT2D eigenvalue weighted by Gasteiger charge is 2.18. The van der Waals surface area contributed by atoms with Crippen LogP contribution in [0.25, 0.3) is 0 Å². The highest BCUT2D eigenvalue weighted by molar-refractivity contribution is 5.40. The summed E-state index contributed by atoms with van der Waals surface area (Å²) in [5.41, 5.74) is -1.03. The Morgan fingerprint density at radius 2 is 2.33 bits per heavy atom. The summed E-state index contributed by atoms with van der Waals surface area (Å²) < 4.78 is 24.4. The van der Waals surface area contributed by atoms with Gasteiger partial charge in [-0.1, -0.05) is 0 Å². The van der Waals surface area contributed by atoms with Crippen LogP contribution in [0, 0.1) is 21.4 Å². The molecule has 0 saturated carbocycles. The van der Waals surface area contributed by atoms with Gasteiger partial charge in [0, 0.05) is 5.56 Å². The second-order valence-corrected chi connectivity index (χ2v) is 2.63. The lowest BCUT2D eigenvalue weighted by Gasteiger charge is -2.01. The first-order valence-corrected chi connectivity index (χ1v) is 3.84. The predicted molar refractivity (Wildman–Crippen MR) is 45.2 cm³/mol. The van der Waals surface area contributed by atoms with Gasteiger partial charge in [-0.25, -0.2) is 13.8 Å². The molecule has 78 valence electrons. The Morgan fingerprint density at radius 3 is 2.80 bits per heavy atom. The standard InChI is InChI=1S/C8H5F2N3O2/c9-8(10)6-3-5(1-2-11)7(4-12-6)13(14)15/h3-4,8H,1H2. The van der Waals surface area contributed by atoms with Crippen molar-refractivity contribution >= 4 is 5.69 Å². The largest absolute Gasteiger partial charge is 0.291 e. The van der Waals surface area contributed by atoms with E-state index in [1.165, 1.54) is 0 Å². The van der Waals surface area contributed by atoms with Crippen LogP contribution in [0.5, 0.6) is 0 Å². The number of nitriles is 1. The van der Waals surface area contributed by atoms with E-state index >= 15 is 0 Å². The second kappa shape index (κ2) is 4.41. The molecule has 0 aliphatic heterocycles. The Morgan fingerprint density at radius 1 is 1.67 bits per heavy atom. The molecule has 0 saturated heterocycles. The number of pyridine rings is 1. The SMILES string of the molecule is N#CCc1cc(C(F)F)ncc1[N+](=O)[O-]. The minimum Gasteiger partial charge on any atom is -0.258 e. The Hall–Kier alpha value is -2.10. The fraction of sp³-hybridized carbons (Fsp3) is 0.250. The number of hydrogen-bond donors (Lipinski definition) is 0. The van der Waals surface area contributed by atoms with Crippen molar-refractivity contribution < 1.29 is 13.7 Å². The number of aromatic nitrogens is 1. The third-order valence-corrected chi connectivity index (χ3v) is 1.68. The van der Waals surface area contributed by atoms with Gasteiger partial charge in [0.25, 0.3) is 12.1 Å². The molecule has 5 nitrogen and oxygen atoms in total.